The lowest BCUT2D eigenvalue weighted by molar-refractivity contribution is 0.0691. The quantitative estimate of drug-likeness (QED) is 0.820. The van der Waals surface area contributed by atoms with Gasteiger partial charge < -0.3 is 10.1 Å². The van der Waals surface area contributed by atoms with E-state index in [2.05, 4.69) is 9.97 Å². The lowest BCUT2D eigenvalue weighted by Crippen LogP contribution is -1.95. The molecule has 0 amide bonds. The number of aromatic nitrogens is 2. The van der Waals surface area contributed by atoms with Gasteiger partial charge in [-0.3, -0.25) is 0 Å². The fraction of sp³-hybridized carbons (Fsp3) is 0.200. The third kappa shape index (κ3) is 1.78. The maximum absolute atomic E-state index is 10.7. The van der Waals surface area contributed by atoms with E-state index in [1.54, 1.807) is 5.38 Å². The van der Waals surface area contributed by atoms with E-state index in [9.17, 15) is 4.79 Å². The van der Waals surface area contributed by atoms with Crippen molar-refractivity contribution in [2.45, 2.75) is 13.8 Å². The third-order valence-corrected chi connectivity index (χ3v) is 2.98. The number of hydrogen-bond donors (Lipinski definition) is 2. The van der Waals surface area contributed by atoms with Gasteiger partial charge >= 0.3 is 5.97 Å². The first-order valence-corrected chi connectivity index (χ1v) is 5.31. The van der Waals surface area contributed by atoms with Gasteiger partial charge in [-0.2, -0.15) is 0 Å². The van der Waals surface area contributed by atoms with Crippen molar-refractivity contribution in [2.24, 2.45) is 0 Å². The number of rotatable bonds is 2. The van der Waals surface area contributed by atoms with Crippen molar-refractivity contribution in [3.8, 4) is 10.6 Å². The molecule has 0 aromatic carbocycles. The summed E-state index contributed by atoms with van der Waals surface area (Å²) in [5.41, 5.74) is 3.15. The van der Waals surface area contributed by atoms with Crippen LogP contribution in [-0.2, 0) is 0 Å². The van der Waals surface area contributed by atoms with Crippen LogP contribution in [0.25, 0.3) is 10.6 Å². The number of carbonyl (C=O) groups is 1. The third-order valence-electron chi connectivity index (χ3n) is 2.10. The first-order chi connectivity index (χ1) is 7.08. The minimum absolute atomic E-state index is 0.105. The molecule has 0 fully saturated rings. The molecule has 2 heterocycles. The predicted molar refractivity (Wildman–Crippen MR) is 58.3 cm³/mol. The summed E-state index contributed by atoms with van der Waals surface area (Å²) in [5.74, 6) is -0.984. The van der Waals surface area contributed by atoms with Crippen LogP contribution in [0.5, 0.6) is 0 Å². The first-order valence-electron chi connectivity index (χ1n) is 4.43. The fourth-order valence-corrected chi connectivity index (χ4v) is 2.31. The number of carboxylic acids is 1. The summed E-state index contributed by atoms with van der Waals surface area (Å²) in [6.45, 7) is 3.91. The average Bonchev–Trinajstić information content (AvgIpc) is 2.71. The van der Waals surface area contributed by atoms with Gasteiger partial charge in [-0.15, -0.1) is 11.3 Å². The van der Waals surface area contributed by atoms with Crippen LogP contribution in [-0.4, -0.2) is 21.0 Å². The second-order valence-corrected chi connectivity index (χ2v) is 4.19. The fourth-order valence-electron chi connectivity index (χ4n) is 1.44. The average molecular weight is 222 g/mol. The van der Waals surface area contributed by atoms with E-state index in [-0.39, 0.29) is 5.69 Å². The van der Waals surface area contributed by atoms with Gasteiger partial charge in [0.1, 0.15) is 5.01 Å². The summed E-state index contributed by atoms with van der Waals surface area (Å²) < 4.78 is 0. The van der Waals surface area contributed by atoms with Gasteiger partial charge in [-0.05, 0) is 19.9 Å². The Balaban J connectivity index is 2.45. The van der Waals surface area contributed by atoms with Gasteiger partial charge in [0.05, 0.1) is 0 Å². The van der Waals surface area contributed by atoms with Gasteiger partial charge in [-0.1, -0.05) is 0 Å². The smallest absolute Gasteiger partial charge is 0.355 e. The Morgan fingerprint density at radius 1 is 1.53 bits per heavy atom. The van der Waals surface area contributed by atoms with Crippen molar-refractivity contribution < 1.29 is 9.90 Å². The van der Waals surface area contributed by atoms with Crippen LogP contribution in [0.1, 0.15) is 21.9 Å². The molecule has 0 saturated heterocycles. The number of nitrogens with zero attached hydrogens (tertiary/aromatic N) is 1. The number of carboxylic acid groups (broad SMARTS) is 1. The Kier molecular flexibility index (Phi) is 2.32. The molecule has 2 rings (SSSR count). The predicted octanol–water partition coefficient (Wildman–Crippen LogP) is 2.45. The SMILES string of the molecule is Cc1cc(-c2nc(C(=O)O)cs2)c(C)[nH]1. The monoisotopic (exact) mass is 222 g/mol. The van der Waals surface area contributed by atoms with Crippen LogP contribution in [0.2, 0.25) is 0 Å². The molecular formula is C10H10N2O2S. The Hall–Kier alpha value is -1.62. The molecule has 0 bridgehead atoms. The topological polar surface area (TPSA) is 66.0 Å². The van der Waals surface area contributed by atoms with Crippen LogP contribution >= 0.6 is 11.3 Å². The van der Waals surface area contributed by atoms with E-state index in [0.717, 1.165) is 22.0 Å². The lowest BCUT2D eigenvalue weighted by Gasteiger charge is -1.91. The molecule has 0 spiro atoms. The van der Waals surface area contributed by atoms with Gasteiger partial charge in [0.2, 0.25) is 0 Å². The molecule has 2 aromatic heterocycles. The standard InChI is InChI=1S/C10H10N2O2S/c1-5-3-7(6(2)11-5)9-12-8(4-15-9)10(13)14/h3-4,11H,1-2H3,(H,13,14). The van der Waals surface area contributed by atoms with Crippen LogP contribution in [0.3, 0.4) is 0 Å². The Bertz CT molecular complexity index is 513. The van der Waals surface area contributed by atoms with E-state index in [1.165, 1.54) is 11.3 Å². The largest absolute Gasteiger partial charge is 0.476 e. The molecule has 0 aliphatic rings. The Morgan fingerprint density at radius 2 is 2.27 bits per heavy atom. The molecule has 0 saturated carbocycles. The summed E-state index contributed by atoms with van der Waals surface area (Å²) in [5, 5.41) is 11.1. The maximum Gasteiger partial charge on any atom is 0.355 e. The molecule has 4 nitrogen and oxygen atoms in total. The van der Waals surface area contributed by atoms with Crippen molar-refractivity contribution in [1.29, 1.82) is 0 Å². The lowest BCUT2D eigenvalue weighted by atomic mass is 10.2. The summed E-state index contributed by atoms with van der Waals surface area (Å²) in [6, 6.07) is 1.97. The molecule has 0 aliphatic heterocycles. The van der Waals surface area contributed by atoms with E-state index in [0.29, 0.717) is 0 Å². The molecule has 0 aliphatic carbocycles. The van der Waals surface area contributed by atoms with E-state index < -0.39 is 5.97 Å². The summed E-state index contributed by atoms with van der Waals surface area (Å²) in [6.07, 6.45) is 0. The van der Waals surface area contributed by atoms with Gasteiger partial charge in [0, 0.05) is 22.3 Å². The van der Waals surface area contributed by atoms with Crippen molar-refractivity contribution in [3.63, 3.8) is 0 Å². The van der Waals surface area contributed by atoms with E-state index in [1.807, 2.05) is 19.9 Å². The highest BCUT2D eigenvalue weighted by molar-refractivity contribution is 7.13. The second kappa shape index (κ2) is 3.51. The van der Waals surface area contributed by atoms with Crippen LogP contribution in [0.15, 0.2) is 11.4 Å². The number of thiazole rings is 1. The van der Waals surface area contributed by atoms with Crippen molar-refractivity contribution >= 4 is 17.3 Å². The molecule has 0 radical (unpaired) electrons. The Labute approximate surface area is 90.6 Å². The normalized spacial score (nSPS) is 10.5. The molecule has 0 unspecified atom stereocenters. The molecule has 78 valence electrons. The number of nitrogens with one attached hydrogen (secondary N) is 1. The number of hydrogen-bond acceptors (Lipinski definition) is 3. The van der Waals surface area contributed by atoms with Crippen molar-refractivity contribution in [1.82, 2.24) is 9.97 Å². The number of H-pyrrole nitrogens is 1. The maximum atomic E-state index is 10.7. The number of aromatic amines is 1. The van der Waals surface area contributed by atoms with Gasteiger partial charge in [0.25, 0.3) is 0 Å². The van der Waals surface area contributed by atoms with Crippen molar-refractivity contribution in [3.05, 3.63) is 28.5 Å². The number of aromatic carboxylic acids is 1. The molecule has 2 N–H and O–H groups in total. The zero-order chi connectivity index (χ0) is 11.0. The minimum Gasteiger partial charge on any atom is -0.476 e. The zero-order valence-corrected chi connectivity index (χ0v) is 9.18. The zero-order valence-electron chi connectivity index (χ0n) is 8.37. The minimum atomic E-state index is -0.984. The highest BCUT2D eigenvalue weighted by Gasteiger charge is 2.12. The van der Waals surface area contributed by atoms with Gasteiger partial charge in [-0.25, -0.2) is 9.78 Å². The summed E-state index contributed by atoms with van der Waals surface area (Å²) in [4.78, 5) is 17.9. The van der Waals surface area contributed by atoms with Crippen LogP contribution in [0, 0.1) is 13.8 Å². The molecule has 2 aromatic rings. The van der Waals surface area contributed by atoms with Crippen LogP contribution in [0.4, 0.5) is 0 Å². The van der Waals surface area contributed by atoms with Crippen LogP contribution < -0.4 is 0 Å². The molecule has 5 heteroatoms. The van der Waals surface area contributed by atoms with E-state index >= 15 is 0 Å². The van der Waals surface area contributed by atoms with Gasteiger partial charge in [0.15, 0.2) is 5.69 Å². The Morgan fingerprint density at radius 3 is 2.73 bits per heavy atom. The molecular weight excluding hydrogens is 212 g/mol. The molecule has 15 heavy (non-hydrogen) atoms. The highest BCUT2D eigenvalue weighted by Crippen LogP contribution is 2.27. The first kappa shape index (κ1) is 9.92. The summed E-state index contributed by atoms with van der Waals surface area (Å²) in [7, 11) is 0. The highest BCUT2D eigenvalue weighted by atomic mass is 32.1. The second-order valence-electron chi connectivity index (χ2n) is 3.33. The van der Waals surface area contributed by atoms with E-state index in [4.69, 9.17) is 5.11 Å². The number of aryl methyl sites for hydroxylation is 2. The molecule has 0 atom stereocenters. The van der Waals surface area contributed by atoms with Crippen molar-refractivity contribution in [2.75, 3.05) is 0 Å². The summed E-state index contributed by atoms with van der Waals surface area (Å²) >= 11 is 1.35.